The number of rotatable bonds is 7. The van der Waals surface area contributed by atoms with E-state index in [4.69, 9.17) is 9.15 Å². The monoisotopic (exact) mass is 365 g/mol. The Morgan fingerprint density at radius 3 is 2.48 bits per heavy atom. The second kappa shape index (κ2) is 8.23. The van der Waals surface area contributed by atoms with Gasteiger partial charge in [-0.15, -0.1) is 0 Å². The van der Waals surface area contributed by atoms with Crippen LogP contribution in [-0.4, -0.2) is 30.0 Å². The first kappa shape index (κ1) is 18.3. The molecule has 0 unspecified atom stereocenters. The minimum Gasteiger partial charge on any atom is -0.508 e. The molecule has 6 nitrogen and oxygen atoms in total. The number of para-hydroxylation sites is 1. The molecule has 0 aliphatic rings. The minimum atomic E-state index is -0.704. The summed E-state index contributed by atoms with van der Waals surface area (Å²) in [7, 11) is 1.31. The van der Waals surface area contributed by atoms with E-state index in [9.17, 15) is 14.7 Å². The topological polar surface area (TPSA) is 88.8 Å². The van der Waals surface area contributed by atoms with Crippen molar-refractivity contribution in [2.45, 2.75) is 12.5 Å². The van der Waals surface area contributed by atoms with Crippen LogP contribution in [0.15, 0.2) is 71.3 Å². The molecule has 0 bridgehead atoms. The summed E-state index contributed by atoms with van der Waals surface area (Å²) in [6, 6.07) is 16.0. The van der Waals surface area contributed by atoms with Crippen LogP contribution >= 0.6 is 0 Å². The van der Waals surface area contributed by atoms with E-state index in [0.29, 0.717) is 17.7 Å². The molecule has 0 saturated carbocycles. The second-order valence-electron chi connectivity index (χ2n) is 5.94. The molecule has 1 atom stereocenters. The summed E-state index contributed by atoms with van der Waals surface area (Å²) in [6.45, 7) is 0. The third-order valence-corrected chi connectivity index (χ3v) is 4.11. The predicted octanol–water partition coefficient (Wildman–Crippen LogP) is 3.41. The van der Waals surface area contributed by atoms with Crippen molar-refractivity contribution < 1.29 is 23.8 Å². The Bertz CT molecular complexity index is 916. The zero-order valence-corrected chi connectivity index (χ0v) is 14.7. The lowest BCUT2D eigenvalue weighted by Gasteiger charge is -2.19. The van der Waals surface area contributed by atoms with E-state index in [0.717, 1.165) is 5.56 Å². The van der Waals surface area contributed by atoms with Gasteiger partial charge in [-0.25, -0.2) is 4.79 Å². The Kier molecular flexibility index (Phi) is 5.56. The SMILES string of the molecule is COC(=O)[C@H](Cc1ccc(O)cc1)Nc1ccccc1C(=O)c1ccco1. The molecule has 3 rings (SSSR count). The van der Waals surface area contributed by atoms with E-state index >= 15 is 0 Å². The first-order chi connectivity index (χ1) is 13.1. The fraction of sp³-hybridized carbons (Fsp3) is 0.143. The summed E-state index contributed by atoms with van der Waals surface area (Å²) >= 11 is 0. The number of phenols is 1. The number of benzene rings is 2. The van der Waals surface area contributed by atoms with Gasteiger partial charge in [-0.1, -0.05) is 24.3 Å². The van der Waals surface area contributed by atoms with Crippen LogP contribution in [0.3, 0.4) is 0 Å². The average Bonchev–Trinajstić information content (AvgIpc) is 3.23. The van der Waals surface area contributed by atoms with Crippen molar-refractivity contribution >= 4 is 17.4 Å². The summed E-state index contributed by atoms with van der Waals surface area (Å²) < 4.78 is 10.1. The predicted molar refractivity (Wildman–Crippen MR) is 99.8 cm³/mol. The number of aromatic hydroxyl groups is 1. The molecular formula is C21H19NO5. The Hall–Kier alpha value is -3.54. The van der Waals surface area contributed by atoms with Crippen LogP contribution in [0, 0.1) is 0 Å². The number of furan rings is 1. The molecule has 2 aromatic carbocycles. The first-order valence-corrected chi connectivity index (χ1v) is 8.38. The number of anilines is 1. The summed E-state index contributed by atoms with van der Waals surface area (Å²) in [4.78, 5) is 24.9. The van der Waals surface area contributed by atoms with Crippen molar-refractivity contribution in [1.82, 2.24) is 0 Å². The molecule has 0 spiro atoms. The highest BCUT2D eigenvalue weighted by Crippen LogP contribution is 2.22. The van der Waals surface area contributed by atoms with Crippen molar-refractivity contribution in [2.75, 3.05) is 12.4 Å². The van der Waals surface area contributed by atoms with Crippen LogP contribution < -0.4 is 5.32 Å². The van der Waals surface area contributed by atoms with Gasteiger partial charge in [-0.3, -0.25) is 4.79 Å². The summed E-state index contributed by atoms with van der Waals surface area (Å²) in [5, 5.41) is 12.5. The quantitative estimate of drug-likeness (QED) is 0.493. The second-order valence-corrected chi connectivity index (χ2v) is 5.94. The molecule has 0 amide bonds. The fourth-order valence-corrected chi connectivity index (χ4v) is 2.74. The Labute approximate surface area is 156 Å². The van der Waals surface area contributed by atoms with Gasteiger partial charge in [0.2, 0.25) is 5.78 Å². The van der Waals surface area contributed by atoms with Gasteiger partial charge >= 0.3 is 5.97 Å². The number of ketones is 1. The van der Waals surface area contributed by atoms with Crippen LogP contribution in [0.25, 0.3) is 0 Å². The summed E-state index contributed by atoms with van der Waals surface area (Å²) in [6.07, 6.45) is 1.77. The van der Waals surface area contributed by atoms with Gasteiger partial charge in [0.05, 0.1) is 13.4 Å². The molecule has 0 fully saturated rings. The lowest BCUT2D eigenvalue weighted by atomic mass is 10.0. The molecule has 0 radical (unpaired) electrons. The van der Waals surface area contributed by atoms with Crippen molar-refractivity contribution in [3.8, 4) is 5.75 Å². The number of carbonyl (C=O) groups is 2. The van der Waals surface area contributed by atoms with Crippen LogP contribution in [0.4, 0.5) is 5.69 Å². The zero-order chi connectivity index (χ0) is 19.2. The van der Waals surface area contributed by atoms with E-state index in [1.165, 1.54) is 13.4 Å². The fourth-order valence-electron chi connectivity index (χ4n) is 2.74. The van der Waals surface area contributed by atoms with E-state index in [-0.39, 0.29) is 17.3 Å². The van der Waals surface area contributed by atoms with E-state index in [1.54, 1.807) is 60.7 Å². The van der Waals surface area contributed by atoms with Crippen LogP contribution in [0.2, 0.25) is 0 Å². The molecule has 0 aliphatic heterocycles. The molecule has 1 aromatic heterocycles. The van der Waals surface area contributed by atoms with Crippen molar-refractivity contribution in [3.63, 3.8) is 0 Å². The number of hydrogen-bond acceptors (Lipinski definition) is 6. The molecule has 3 aromatic rings. The summed E-state index contributed by atoms with van der Waals surface area (Å²) in [5.74, 6) is -0.368. The van der Waals surface area contributed by atoms with Crippen molar-refractivity contribution in [2.24, 2.45) is 0 Å². The van der Waals surface area contributed by atoms with Gasteiger partial charge in [0.1, 0.15) is 11.8 Å². The van der Waals surface area contributed by atoms with Crippen LogP contribution in [-0.2, 0) is 16.0 Å². The lowest BCUT2D eigenvalue weighted by molar-refractivity contribution is -0.141. The number of carbonyl (C=O) groups excluding carboxylic acids is 2. The van der Waals surface area contributed by atoms with E-state index < -0.39 is 12.0 Å². The Morgan fingerprint density at radius 1 is 1.07 bits per heavy atom. The van der Waals surface area contributed by atoms with Gasteiger partial charge in [-0.05, 0) is 42.0 Å². The van der Waals surface area contributed by atoms with Gasteiger partial charge in [-0.2, -0.15) is 0 Å². The number of esters is 1. The first-order valence-electron chi connectivity index (χ1n) is 8.38. The average molecular weight is 365 g/mol. The number of hydrogen-bond donors (Lipinski definition) is 2. The molecule has 27 heavy (non-hydrogen) atoms. The smallest absolute Gasteiger partial charge is 0.328 e. The third-order valence-electron chi connectivity index (χ3n) is 4.11. The number of nitrogens with one attached hydrogen (secondary N) is 1. The lowest BCUT2D eigenvalue weighted by Crippen LogP contribution is -2.33. The summed E-state index contributed by atoms with van der Waals surface area (Å²) in [5.41, 5.74) is 1.74. The minimum absolute atomic E-state index is 0.149. The van der Waals surface area contributed by atoms with Gasteiger partial charge < -0.3 is 19.6 Å². The number of methoxy groups -OCH3 is 1. The normalized spacial score (nSPS) is 11.6. The maximum atomic E-state index is 12.7. The van der Waals surface area contributed by atoms with Gasteiger partial charge in [0.25, 0.3) is 0 Å². The molecule has 1 heterocycles. The highest BCUT2D eigenvalue weighted by Gasteiger charge is 2.23. The third kappa shape index (κ3) is 4.36. The maximum Gasteiger partial charge on any atom is 0.328 e. The van der Waals surface area contributed by atoms with Crippen molar-refractivity contribution in [3.05, 3.63) is 83.8 Å². The van der Waals surface area contributed by atoms with Gasteiger partial charge in [0.15, 0.2) is 5.76 Å². The molecule has 138 valence electrons. The number of ether oxygens (including phenoxy) is 1. The zero-order valence-electron chi connectivity index (χ0n) is 14.7. The van der Waals surface area contributed by atoms with E-state index in [2.05, 4.69) is 5.32 Å². The maximum absolute atomic E-state index is 12.7. The molecule has 0 aliphatic carbocycles. The highest BCUT2D eigenvalue weighted by molar-refractivity contribution is 6.10. The standard InChI is InChI=1S/C21H19NO5/c1-26-21(25)18(13-14-8-10-15(23)11-9-14)22-17-6-3-2-5-16(17)20(24)19-7-4-12-27-19/h2-12,18,22-23H,13H2,1H3/t18-/m0/s1. The molecule has 2 N–H and O–H groups in total. The molecule has 6 heteroatoms. The largest absolute Gasteiger partial charge is 0.508 e. The van der Waals surface area contributed by atoms with Crippen LogP contribution in [0.1, 0.15) is 21.7 Å². The van der Waals surface area contributed by atoms with Crippen molar-refractivity contribution in [1.29, 1.82) is 0 Å². The van der Waals surface area contributed by atoms with Crippen LogP contribution in [0.5, 0.6) is 5.75 Å². The number of phenolic OH excluding ortho intramolecular Hbond substituents is 1. The Morgan fingerprint density at radius 2 is 1.81 bits per heavy atom. The Balaban J connectivity index is 1.87. The van der Waals surface area contributed by atoms with Gasteiger partial charge in [0, 0.05) is 17.7 Å². The highest BCUT2D eigenvalue weighted by atomic mass is 16.5. The van der Waals surface area contributed by atoms with E-state index in [1.807, 2.05) is 0 Å². The molecule has 0 saturated heterocycles. The molecular weight excluding hydrogens is 346 g/mol.